The van der Waals surface area contributed by atoms with Gasteiger partial charge in [-0.1, -0.05) is 36.4 Å². The Morgan fingerprint density at radius 1 is 0.615 bits per heavy atom. The third-order valence-corrected chi connectivity index (χ3v) is 3.89. The van der Waals surface area contributed by atoms with Crippen molar-refractivity contribution in [1.82, 2.24) is 9.97 Å². The predicted octanol–water partition coefficient (Wildman–Crippen LogP) is 3.65. The lowest BCUT2D eigenvalue weighted by Gasteiger charge is -2.00. The third-order valence-electron chi connectivity index (χ3n) is 3.89. The fraction of sp³-hybridized carbons (Fsp3) is 0. The second-order valence-electron chi connectivity index (χ2n) is 5.66. The molecule has 0 saturated carbocycles. The predicted molar refractivity (Wildman–Crippen MR) is 102 cm³/mol. The summed E-state index contributed by atoms with van der Waals surface area (Å²) < 4.78 is 0. The highest BCUT2D eigenvalue weighted by atomic mass is 16.3. The van der Waals surface area contributed by atoms with E-state index in [4.69, 9.17) is 0 Å². The van der Waals surface area contributed by atoms with Crippen molar-refractivity contribution in [2.75, 3.05) is 0 Å². The number of hydrogen-bond donors (Lipinski definition) is 2. The minimum Gasteiger partial charge on any atom is -0.506 e. The van der Waals surface area contributed by atoms with E-state index in [9.17, 15) is 10.2 Å². The zero-order valence-corrected chi connectivity index (χ0v) is 13.6. The highest BCUT2D eigenvalue weighted by Gasteiger charge is 2.02. The van der Waals surface area contributed by atoms with Crippen LogP contribution in [0.25, 0.3) is 21.8 Å². The summed E-state index contributed by atoms with van der Waals surface area (Å²) in [6.45, 7) is 0. The molecule has 4 aromatic rings. The SMILES string of the molecule is Oc1cccc2ccc(C=NN=Cc3ccc4cccc(O)c4n3)nc12. The lowest BCUT2D eigenvalue weighted by Crippen LogP contribution is -1.90. The summed E-state index contributed by atoms with van der Waals surface area (Å²) in [6.07, 6.45) is 3.00. The molecule has 0 spiro atoms. The first kappa shape index (κ1) is 15.7. The van der Waals surface area contributed by atoms with Crippen molar-refractivity contribution in [3.63, 3.8) is 0 Å². The molecule has 0 fully saturated rings. The molecule has 6 nitrogen and oxygen atoms in total. The van der Waals surface area contributed by atoms with Crippen LogP contribution in [0.4, 0.5) is 0 Å². The maximum Gasteiger partial charge on any atom is 0.141 e. The molecular formula is C20H14N4O2. The lowest BCUT2D eigenvalue weighted by molar-refractivity contribution is 0.480. The summed E-state index contributed by atoms with van der Waals surface area (Å²) in [5.74, 6) is 0.253. The van der Waals surface area contributed by atoms with Gasteiger partial charge in [-0.3, -0.25) is 0 Å². The number of aromatic hydroxyl groups is 2. The van der Waals surface area contributed by atoms with E-state index in [0.717, 1.165) is 10.8 Å². The molecule has 4 rings (SSSR count). The highest BCUT2D eigenvalue weighted by Crippen LogP contribution is 2.22. The van der Waals surface area contributed by atoms with Gasteiger partial charge < -0.3 is 10.2 Å². The fourth-order valence-corrected chi connectivity index (χ4v) is 2.62. The van der Waals surface area contributed by atoms with Gasteiger partial charge in [-0.15, -0.1) is 0 Å². The standard InChI is InChI=1S/C20H14N4O2/c25-17-5-1-3-13-7-9-15(23-19(13)17)11-21-22-12-16-10-8-14-4-2-6-18(26)20(14)24-16/h1-12,25-26H. The van der Waals surface area contributed by atoms with Crippen molar-refractivity contribution in [1.29, 1.82) is 0 Å². The van der Waals surface area contributed by atoms with Crippen molar-refractivity contribution >= 4 is 34.2 Å². The summed E-state index contributed by atoms with van der Waals surface area (Å²) >= 11 is 0. The number of para-hydroxylation sites is 2. The number of nitrogens with zero attached hydrogens (tertiary/aromatic N) is 4. The summed E-state index contributed by atoms with van der Waals surface area (Å²) in [5, 5.41) is 29.4. The minimum atomic E-state index is 0.126. The van der Waals surface area contributed by atoms with Gasteiger partial charge in [0, 0.05) is 10.8 Å². The van der Waals surface area contributed by atoms with Crippen molar-refractivity contribution in [2.45, 2.75) is 0 Å². The van der Waals surface area contributed by atoms with Gasteiger partial charge in [-0.2, -0.15) is 10.2 Å². The molecule has 2 aromatic carbocycles. The van der Waals surface area contributed by atoms with Gasteiger partial charge in [0.2, 0.25) is 0 Å². The topological polar surface area (TPSA) is 91.0 Å². The summed E-state index contributed by atoms with van der Waals surface area (Å²) in [4.78, 5) is 8.70. The average Bonchev–Trinajstić information content (AvgIpc) is 2.66. The van der Waals surface area contributed by atoms with Crippen LogP contribution in [0.5, 0.6) is 11.5 Å². The van der Waals surface area contributed by atoms with Crippen LogP contribution >= 0.6 is 0 Å². The number of fused-ring (bicyclic) bond motifs is 2. The van der Waals surface area contributed by atoms with Crippen LogP contribution in [-0.4, -0.2) is 32.6 Å². The third kappa shape index (κ3) is 3.08. The van der Waals surface area contributed by atoms with E-state index in [2.05, 4.69) is 20.2 Å². The molecule has 0 unspecified atom stereocenters. The lowest BCUT2D eigenvalue weighted by atomic mass is 10.2. The quantitative estimate of drug-likeness (QED) is 0.439. The van der Waals surface area contributed by atoms with E-state index in [1.807, 2.05) is 24.3 Å². The molecule has 2 N–H and O–H groups in total. The van der Waals surface area contributed by atoms with Crippen LogP contribution in [0.15, 0.2) is 70.9 Å². The number of rotatable bonds is 3. The zero-order chi connectivity index (χ0) is 17.9. The van der Waals surface area contributed by atoms with Gasteiger partial charge in [-0.25, -0.2) is 9.97 Å². The number of benzene rings is 2. The molecule has 0 aliphatic carbocycles. The molecule has 2 aromatic heterocycles. The first-order valence-electron chi connectivity index (χ1n) is 7.94. The van der Waals surface area contributed by atoms with Crippen LogP contribution in [0.1, 0.15) is 11.4 Å². The minimum absolute atomic E-state index is 0.126. The molecule has 0 radical (unpaired) electrons. The van der Waals surface area contributed by atoms with E-state index < -0.39 is 0 Å². The van der Waals surface area contributed by atoms with E-state index >= 15 is 0 Å². The van der Waals surface area contributed by atoms with Crippen LogP contribution in [0, 0.1) is 0 Å². The molecule has 0 bridgehead atoms. The Morgan fingerprint density at radius 2 is 1.08 bits per heavy atom. The van der Waals surface area contributed by atoms with E-state index in [1.54, 1.807) is 36.4 Å². The Bertz CT molecular complexity index is 1080. The molecule has 0 atom stereocenters. The smallest absolute Gasteiger partial charge is 0.141 e. The van der Waals surface area contributed by atoms with Crippen LogP contribution in [0.3, 0.4) is 0 Å². The summed E-state index contributed by atoms with van der Waals surface area (Å²) in [5.41, 5.74) is 2.21. The number of pyridine rings is 2. The summed E-state index contributed by atoms with van der Waals surface area (Å²) in [7, 11) is 0. The van der Waals surface area contributed by atoms with Gasteiger partial charge in [0.25, 0.3) is 0 Å². The molecule has 6 heteroatoms. The van der Waals surface area contributed by atoms with Gasteiger partial charge in [0.1, 0.15) is 22.5 Å². The second-order valence-corrected chi connectivity index (χ2v) is 5.66. The van der Waals surface area contributed by atoms with Crippen LogP contribution in [0.2, 0.25) is 0 Å². The zero-order valence-electron chi connectivity index (χ0n) is 13.6. The van der Waals surface area contributed by atoms with Gasteiger partial charge in [0.05, 0.1) is 23.8 Å². The molecule has 0 saturated heterocycles. The van der Waals surface area contributed by atoms with E-state index in [1.165, 1.54) is 12.4 Å². The molecule has 0 amide bonds. The van der Waals surface area contributed by atoms with E-state index in [-0.39, 0.29) is 11.5 Å². The highest BCUT2D eigenvalue weighted by molar-refractivity contribution is 5.90. The normalized spacial score (nSPS) is 11.8. The maximum absolute atomic E-state index is 9.86. The largest absolute Gasteiger partial charge is 0.506 e. The monoisotopic (exact) mass is 342 g/mol. The number of aromatic nitrogens is 2. The average molecular weight is 342 g/mol. The Hall–Kier alpha value is -3.80. The Morgan fingerprint density at radius 3 is 1.54 bits per heavy atom. The van der Waals surface area contributed by atoms with Crippen LogP contribution in [-0.2, 0) is 0 Å². The molecule has 26 heavy (non-hydrogen) atoms. The summed E-state index contributed by atoms with van der Waals surface area (Å²) in [6, 6.07) is 17.8. The molecule has 126 valence electrons. The molecule has 2 heterocycles. The Balaban J connectivity index is 1.56. The van der Waals surface area contributed by atoms with Crippen molar-refractivity contribution in [3.05, 3.63) is 72.1 Å². The first-order valence-corrected chi connectivity index (χ1v) is 7.94. The van der Waals surface area contributed by atoms with Gasteiger partial charge in [0.15, 0.2) is 0 Å². The van der Waals surface area contributed by atoms with Crippen molar-refractivity contribution in [3.8, 4) is 11.5 Å². The number of hydrogen-bond acceptors (Lipinski definition) is 6. The van der Waals surface area contributed by atoms with Crippen molar-refractivity contribution < 1.29 is 10.2 Å². The van der Waals surface area contributed by atoms with Gasteiger partial charge in [-0.05, 0) is 24.3 Å². The molecular weight excluding hydrogens is 328 g/mol. The van der Waals surface area contributed by atoms with Crippen LogP contribution < -0.4 is 0 Å². The number of phenolic OH excluding ortho intramolecular Hbond substituents is 2. The van der Waals surface area contributed by atoms with Gasteiger partial charge >= 0.3 is 0 Å². The first-order chi connectivity index (χ1) is 12.7. The Kier molecular flexibility index (Phi) is 3.99. The maximum atomic E-state index is 9.86. The van der Waals surface area contributed by atoms with E-state index in [0.29, 0.717) is 22.4 Å². The Labute approximate surface area is 148 Å². The fourth-order valence-electron chi connectivity index (χ4n) is 2.62. The molecule has 0 aliphatic rings. The number of phenols is 2. The second kappa shape index (κ2) is 6.60. The molecule has 0 aliphatic heterocycles. The van der Waals surface area contributed by atoms with Crippen molar-refractivity contribution in [2.24, 2.45) is 10.2 Å².